The molecule has 0 bridgehead atoms. The normalized spacial score (nSPS) is 31.0. The highest BCUT2D eigenvalue weighted by molar-refractivity contribution is 6.06. The second kappa shape index (κ2) is 6.66. The van der Waals surface area contributed by atoms with Crippen molar-refractivity contribution in [1.82, 2.24) is 4.90 Å². The predicted octanol–water partition coefficient (Wildman–Crippen LogP) is 3.56. The molecule has 6 rings (SSSR count). The maximum atomic E-state index is 13.7. The fraction of sp³-hybridized carbons (Fsp3) is 0.458. The third kappa shape index (κ3) is 2.68. The van der Waals surface area contributed by atoms with E-state index in [2.05, 4.69) is 29.2 Å². The highest BCUT2D eigenvalue weighted by atomic mass is 16.8. The van der Waals surface area contributed by atoms with E-state index < -0.39 is 5.79 Å². The summed E-state index contributed by atoms with van der Waals surface area (Å²) in [5.74, 6) is -1.31. The molecule has 1 spiro atoms. The minimum atomic E-state index is -1.25. The van der Waals surface area contributed by atoms with Crippen LogP contribution in [0.25, 0.3) is 0 Å². The van der Waals surface area contributed by atoms with Crippen LogP contribution < -0.4 is 4.90 Å². The van der Waals surface area contributed by atoms with Gasteiger partial charge in [0, 0.05) is 18.7 Å². The lowest BCUT2D eigenvalue weighted by atomic mass is 9.95. The van der Waals surface area contributed by atoms with Crippen LogP contribution in [0.1, 0.15) is 42.4 Å². The molecule has 2 aromatic rings. The van der Waals surface area contributed by atoms with Gasteiger partial charge in [0.2, 0.25) is 0 Å². The van der Waals surface area contributed by atoms with E-state index >= 15 is 0 Å². The summed E-state index contributed by atoms with van der Waals surface area (Å²) in [6, 6.07) is 16.6. The van der Waals surface area contributed by atoms with Crippen LogP contribution >= 0.6 is 0 Å². The third-order valence-electron chi connectivity index (χ3n) is 6.90. The van der Waals surface area contributed by atoms with Crippen molar-refractivity contribution in [3.05, 3.63) is 65.2 Å². The van der Waals surface area contributed by atoms with Crippen molar-refractivity contribution in [2.75, 3.05) is 18.1 Å². The Kier molecular flexibility index (Phi) is 4.05. The van der Waals surface area contributed by atoms with E-state index in [0.717, 1.165) is 56.4 Å². The Morgan fingerprint density at radius 1 is 0.931 bits per heavy atom. The van der Waals surface area contributed by atoms with Gasteiger partial charge >= 0.3 is 0 Å². The lowest BCUT2D eigenvalue weighted by Gasteiger charge is -2.32. The first-order chi connectivity index (χ1) is 14.2. The van der Waals surface area contributed by atoms with Gasteiger partial charge in [0.05, 0.1) is 24.6 Å². The summed E-state index contributed by atoms with van der Waals surface area (Å²) in [7, 11) is 0. The van der Waals surface area contributed by atoms with E-state index in [9.17, 15) is 4.79 Å². The molecular weight excluding hydrogens is 364 g/mol. The summed E-state index contributed by atoms with van der Waals surface area (Å²) in [5, 5.41) is 0. The maximum absolute atomic E-state index is 13.7. The molecule has 3 heterocycles. The summed E-state index contributed by atoms with van der Waals surface area (Å²) in [6.07, 6.45) is 5.32. The molecule has 3 aliphatic heterocycles. The van der Waals surface area contributed by atoms with Crippen molar-refractivity contribution in [2.45, 2.75) is 56.6 Å². The number of nitrogens with zero attached hydrogens (tertiary/aromatic N) is 2. The molecule has 1 unspecified atom stereocenters. The molecule has 1 saturated carbocycles. The molecule has 5 heteroatoms. The first-order valence-corrected chi connectivity index (χ1v) is 10.8. The average Bonchev–Trinajstić information content (AvgIpc) is 3.26. The molecule has 4 aliphatic rings. The first kappa shape index (κ1) is 17.6. The zero-order valence-electron chi connectivity index (χ0n) is 16.5. The van der Waals surface area contributed by atoms with Gasteiger partial charge in [-0.2, -0.15) is 0 Å². The van der Waals surface area contributed by atoms with Gasteiger partial charge in [0.1, 0.15) is 0 Å². The Morgan fingerprint density at radius 3 is 2.41 bits per heavy atom. The van der Waals surface area contributed by atoms with Crippen LogP contribution in [0.3, 0.4) is 0 Å². The van der Waals surface area contributed by atoms with Crippen LogP contribution in [0.5, 0.6) is 0 Å². The Balaban J connectivity index is 1.30. The molecule has 0 aromatic heterocycles. The molecule has 150 valence electrons. The minimum absolute atomic E-state index is 0.0302. The van der Waals surface area contributed by atoms with Gasteiger partial charge in [0.15, 0.2) is 0 Å². The number of rotatable bonds is 2. The van der Waals surface area contributed by atoms with Crippen molar-refractivity contribution in [1.29, 1.82) is 0 Å². The van der Waals surface area contributed by atoms with Crippen molar-refractivity contribution < 1.29 is 14.3 Å². The summed E-state index contributed by atoms with van der Waals surface area (Å²) in [5.41, 5.74) is 4.57. The second-order valence-corrected chi connectivity index (χ2v) is 8.68. The Bertz CT molecular complexity index is 945. The van der Waals surface area contributed by atoms with Gasteiger partial charge < -0.3 is 9.47 Å². The van der Waals surface area contributed by atoms with Crippen LogP contribution in [-0.2, 0) is 33.0 Å². The molecule has 0 radical (unpaired) electrons. The Hall–Kier alpha value is -2.21. The SMILES string of the molecule is O=C1N(CN2CCc3ccccc3C2)c2ccccc2C12O[C@H]1CCCC[C@H]1O2. The number of amides is 1. The molecule has 2 aromatic carbocycles. The van der Waals surface area contributed by atoms with Gasteiger partial charge in [-0.3, -0.25) is 14.6 Å². The molecule has 5 nitrogen and oxygen atoms in total. The van der Waals surface area contributed by atoms with E-state index in [0.29, 0.717) is 6.67 Å². The topological polar surface area (TPSA) is 42.0 Å². The summed E-state index contributed by atoms with van der Waals surface area (Å²) in [6.45, 7) is 2.37. The van der Waals surface area contributed by atoms with Crippen molar-refractivity contribution in [3.8, 4) is 0 Å². The quantitative estimate of drug-likeness (QED) is 0.786. The number of ether oxygens (including phenoxy) is 2. The molecule has 1 amide bonds. The minimum Gasteiger partial charge on any atom is -0.332 e. The zero-order valence-corrected chi connectivity index (χ0v) is 16.5. The fourth-order valence-electron chi connectivity index (χ4n) is 5.42. The lowest BCUT2D eigenvalue weighted by molar-refractivity contribution is -0.190. The molecule has 2 fully saturated rings. The van der Waals surface area contributed by atoms with Crippen molar-refractivity contribution in [3.63, 3.8) is 0 Å². The number of fused-ring (bicyclic) bond motifs is 4. The smallest absolute Gasteiger partial charge is 0.293 e. The monoisotopic (exact) mass is 390 g/mol. The Labute approximate surface area is 171 Å². The summed E-state index contributed by atoms with van der Waals surface area (Å²) >= 11 is 0. The molecule has 29 heavy (non-hydrogen) atoms. The zero-order chi connectivity index (χ0) is 19.4. The number of anilines is 1. The Morgan fingerprint density at radius 2 is 1.62 bits per heavy atom. The highest BCUT2D eigenvalue weighted by Gasteiger charge is 2.61. The fourth-order valence-corrected chi connectivity index (χ4v) is 5.42. The highest BCUT2D eigenvalue weighted by Crippen LogP contribution is 2.51. The summed E-state index contributed by atoms with van der Waals surface area (Å²) in [4.78, 5) is 17.9. The van der Waals surface area contributed by atoms with E-state index in [4.69, 9.17) is 9.47 Å². The number of benzene rings is 2. The number of carbonyl (C=O) groups excluding carboxylic acids is 1. The largest absolute Gasteiger partial charge is 0.332 e. The van der Waals surface area contributed by atoms with E-state index in [1.165, 1.54) is 11.1 Å². The predicted molar refractivity (Wildman–Crippen MR) is 109 cm³/mol. The van der Waals surface area contributed by atoms with Crippen LogP contribution in [0, 0.1) is 0 Å². The molecular formula is C24H26N2O3. The van der Waals surface area contributed by atoms with Crippen LogP contribution in [0.4, 0.5) is 5.69 Å². The number of hydrogen-bond acceptors (Lipinski definition) is 4. The number of hydrogen-bond donors (Lipinski definition) is 0. The van der Waals surface area contributed by atoms with Gasteiger partial charge in [0.25, 0.3) is 11.7 Å². The molecule has 3 atom stereocenters. The maximum Gasteiger partial charge on any atom is 0.293 e. The van der Waals surface area contributed by atoms with Crippen LogP contribution in [-0.4, -0.2) is 36.2 Å². The van der Waals surface area contributed by atoms with Crippen molar-refractivity contribution >= 4 is 11.6 Å². The third-order valence-corrected chi connectivity index (χ3v) is 6.90. The molecule has 0 N–H and O–H groups in total. The van der Waals surface area contributed by atoms with E-state index in [1.54, 1.807) is 0 Å². The molecule has 1 aliphatic carbocycles. The number of para-hydroxylation sites is 1. The lowest BCUT2D eigenvalue weighted by Crippen LogP contribution is -2.47. The van der Waals surface area contributed by atoms with Gasteiger partial charge in [-0.25, -0.2) is 0 Å². The van der Waals surface area contributed by atoms with E-state index in [1.807, 2.05) is 29.2 Å². The van der Waals surface area contributed by atoms with Crippen molar-refractivity contribution in [2.24, 2.45) is 0 Å². The molecule has 1 saturated heterocycles. The second-order valence-electron chi connectivity index (χ2n) is 8.68. The number of carbonyl (C=O) groups is 1. The average molecular weight is 390 g/mol. The van der Waals surface area contributed by atoms with Crippen LogP contribution in [0.2, 0.25) is 0 Å². The standard InChI is InChI=1S/C24H26N2O3/c27-23-24(28-21-11-5-6-12-22(21)29-24)19-9-3-4-10-20(19)26(23)16-25-14-13-17-7-1-2-8-18(17)15-25/h1-4,7-10,21-22H,5-6,11-16H2/t21-,22+,24?. The van der Waals surface area contributed by atoms with Gasteiger partial charge in [-0.05, 0) is 36.5 Å². The van der Waals surface area contributed by atoms with Gasteiger partial charge in [-0.15, -0.1) is 0 Å². The van der Waals surface area contributed by atoms with Gasteiger partial charge in [-0.1, -0.05) is 55.3 Å². The van der Waals surface area contributed by atoms with Crippen LogP contribution in [0.15, 0.2) is 48.5 Å². The first-order valence-electron chi connectivity index (χ1n) is 10.8. The van der Waals surface area contributed by atoms with E-state index in [-0.39, 0.29) is 18.1 Å². The summed E-state index contributed by atoms with van der Waals surface area (Å²) < 4.78 is 12.8.